The number of aryl methyl sites for hydroxylation is 1. The van der Waals surface area contributed by atoms with Crippen LogP contribution < -0.4 is 11.1 Å². The molecule has 0 bridgehead atoms. The fourth-order valence-corrected chi connectivity index (χ4v) is 1.41. The van der Waals surface area contributed by atoms with Crippen molar-refractivity contribution < 1.29 is 4.79 Å². The van der Waals surface area contributed by atoms with Gasteiger partial charge in [-0.1, -0.05) is 12.5 Å². The highest BCUT2D eigenvalue weighted by atomic mass is 16.1. The Bertz CT molecular complexity index is 339. The Labute approximate surface area is 96.3 Å². The summed E-state index contributed by atoms with van der Waals surface area (Å²) >= 11 is 0. The lowest BCUT2D eigenvalue weighted by Crippen LogP contribution is -2.25. The molecule has 1 aromatic rings. The number of nitrogens with zero attached hydrogens (tertiary/aromatic N) is 1. The van der Waals surface area contributed by atoms with Crippen molar-refractivity contribution in [3.63, 3.8) is 0 Å². The molecule has 1 amide bonds. The third-order valence-electron chi connectivity index (χ3n) is 2.29. The lowest BCUT2D eigenvalue weighted by molar-refractivity contribution is 0.0948. The van der Waals surface area contributed by atoms with Crippen molar-refractivity contribution in [2.75, 3.05) is 13.1 Å². The van der Waals surface area contributed by atoms with Gasteiger partial charge in [0.2, 0.25) is 0 Å². The van der Waals surface area contributed by atoms with E-state index in [1.165, 1.54) is 0 Å². The largest absolute Gasteiger partial charge is 0.351 e. The minimum Gasteiger partial charge on any atom is -0.351 e. The second kappa shape index (κ2) is 6.95. The van der Waals surface area contributed by atoms with E-state index in [2.05, 4.69) is 10.3 Å². The van der Waals surface area contributed by atoms with Crippen LogP contribution in [0.5, 0.6) is 0 Å². The van der Waals surface area contributed by atoms with Crippen LogP contribution in [0.15, 0.2) is 18.2 Å². The third-order valence-corrected chi connectivity index (χ3v) is 2.29. The van der Waals surface area contributed by atoms with Gasteiger partial charge in [-0.3, -0.25) is 4.79 Å². The maximum atomic E-state index is 11.6. The topological polar surface area (TPSA) is 68.0 Å². The van der Waals surface area contributed by atoms with E-state index in [1.54, 1.807) is 6.07 Å². The van der Waals surface area contributed by atoms with Gasteiger partial charge in [0.1, 0.15) is 5.69 Å². The molecule has 0 fully saturated rings. The Morgan fingerprint density at radius 1 is 1.38 bits per heavy atom. The summed E-state index contributed by atoms with van der Waals surface area (Å²) < 4.78 is 0. The monoisotopic (exact) mass is 221 g/mol. The molecule has 0 radical (unpaired) electrons. The number of amides is 1. The number of hydrogen-bond donors (Lipinski definition) is 2. The van der Waals surface area contributed by atoms with Crippen molar-refractivity contribution in [1.29, 1.82) is 0 Å². The summed E-state index contributed by atoms with van der Waals surface area (Å²) in [6, 6.07) is 5.44. The first kappa shape index (κ1) is 12.6. The van der Waals surface area contributed by atoms with Gasteiger partial charge in [0.15, 0.2) is 0 Å². The molecule has 3 N–H and O–H groups in total. The molecule has 0 aliphatic carbocycles. The van der Waals surface area contributed by atoms with Crippen molar-refractivity contribution in [2.45, 2.75) is 26.2 Å². The van der Waals surface area contributed by atoms with E-state index in [0.717, 1.165) is 25.0 Å². The maximum Gasteiger partial charge on any atom is 0.269 e. The summed E-state index contributed by atoms with van der Waals surface area (Å²) in [6.07, 6.45) is 3.03. The van der Waals surface area contributed by atoms with Gasteiger partial charge in [-0.15, -0.1) is 0 Å². The predicted octanol–water partition coefficient (Wildman–Crippen LogP) is 1.25. The fraction of sp³-hybridized carbons (Fsp3) is 0.500. The van der Waals surface area contributed by atoms with E-state index >= 15 is 0 Å². The average Bonchev–Trinajstić information content (AvgIpc) is 2.28. The van der Waals surface area contributed by atoms with E-state index < -0.39 is 0 Å². The molecule has 1 heterocycles. The molecular weight excluding hydrogens is 202 g/mol. The molecule has 88 valence electrons. The second-order valence-electron chi connectivity index (χ2n) is 3.77. The van der Waals surface area contributed by atoms with E-state index in [1.807, 2.05) is 19.1 Å². The number of unbranched alkanes of at least 4 members (excludes halogenated alkanes) is 2. The van der Waals surface area contributed by atoms with Crippen LogP contribution in [0.4, 0.5) is 0 Å². The summed E-state index contributed by atoms with van der Waals surface area (Å²) in [5.41, 5.74) is 6.72. The first-order valence-electron chi connectivity index (χ1n) is 5.66. The van der Waals surface area contributed by atoms with Gasteiger partial charge in [-0.2, -0.15) is 0 Å². The molecule has 0 atom stereocenters. The third kappa shape index (κ3) is 4.40. The quantitative estimate of drug-likeness (QED) is 0.710. The van der Waals surface area contributed by atoms with Crippen LogP contribution in [0.3, 0.4) is 0 Å². The van der Waals surface area contributed by atoms with Crippen molar-refractivity contribution in [2.24, 2.45) is 5.73 Å². The number of nitrogens with two attached hydrogens (primary N) is 1. The highest BCUT2D eigenvalue weighted by Gasteiger charge is 2.05. The van der Waals surface area contributed by atoms with Crippen LogP contribution in [0.25, 0.3) is 0 Å². The number of rotatable bonds is 6. The van der Waals surface area contributed by atoms with Crippen LogP contribution in [0, 0.1) is 6.92 Å². The summed E-state index contributed by atoms with van der Waals surface area (Å²) in [4.78, 5) is 15.8. The second-order valence-corrected chi connectivity index (χ2v) is 3.77. The highest BCUT2D eigenvalue weighted by molar-refractivity contribution is 5.92. The number of aromatic nitrogens is 1. The molecule has 1 aromatic heterocycles. The van der Waals surface area contributed by atoms with E-state index in [9.17, 15) is 4.79 Å². The molecular formula is C12H19N3O. The molecule has 0 spiro atoms. The molecule has 0 saturated carbocycles. The number of nitrogens with one attached hydrogen (secondary N) is 1. The molecule has 0 unspecified atom stereocenters. The molecule has 0 saturated heterocycles. The first-order valence-corrected chi connectivity index (χ1v) is 5.66. The zero-order valence-electron chi connectivity index (χ0n) is 9.70. The van der Waals surface area contributed by atoms with Crippen molar-refractivity contribution in [3.8, 4) is 0 Å². The molecule has 4 nitrogen and oxygen atoms in total. The fourth-order valence-electron chi connectivity index (χ4n) is 1.41. The van der Waals surface area contributed by atoms with Crippen LogP contribution in [-0.4, -0.2) is 24.0 Å². The summed E-state index contributed by atoms with van der Waals surface area (Å²) in [5.74, 6) is -0.101. The number of carbonyl (C=O) groups is 1. The predicted molar refractivity (Wildman–Crippen MR) is 64.2 cm³/mol. The minimum absolute atomic E-state index is 0.101. The van der Waals surface area contributed by atoms with Crippen molar-refractivity contribution in [3.05, 3.63) is 29.6 Å². The summed E-state index contributed by atoms with van der Waals surface area (Å²) in [7, 11) is 0. The Balaban J connectivity index is 2.30. The Kier molecular flexibility index (Phi) is 5.50. The van der Waals surface area contributed by atoms with E-state index in [4.69, 9.17) is 5.73 Å². The van der Waals surface area contributed by atoms with E-state index in [0.29, 0.717) is 18.8 Å². The van der Waals surface area contributed by atoms with Gasteiger partial charge >= 0.3 is 0 Å². The maximum absolute atomic E-state index is 11.6. The Morgan fingerprint density at radius 2 is 2.19 bits per heavy atom. The van der Waals surface area contributed by atoms with E-state index in [-0.39, 0.29) is 5.91 Å². The van der Waals surface area contributed by atoms with Gasteiger partial charge in [-0.25, -0.2) is 4.98 Å². The van der Waals surface area contributed by atoms with Gasteiger partial charge in [0.05, 0.1) is 0 Å². The first-order chi connectivity index (χ1) is 7.74. The lowest BCUT2D eigenvalue weighted by Gasteiger charge is -2.04. The van der Waals surface area contributed by atoms with Gasteiger partial charge in [0, 0.05) is 12.2 Å². The Morgan fingerprint density at radius 3 is 2.88 bits per heavy atom. The SMILES string of the molecule is Cc1cccc(C(=O)NCCCCCN)n1. The number of carbonyl (C=O) groups excluding carboxylic acids is 1. The van der Waals surface area contributed by atoms with Gasteiger partial charge in [-0.05, 0) is 38.4 Å². The molecule has 0 aliphatic rings. The summed E-state index contributed by atoms with van der Waals surface area (Å²) in [5, 5.41) is 2.84. The van der Waals surface area contributed by atoms with Crippen LogP contribution in [0.2, 0.25) is 0 Å². The van der Waals surface area contributed by atoms with Crippen LogP contribution >= 0.6 is 0 Å². The molecule has 0 aromatic carbocycles. The number of pyridine rings is 1. The molecule has 1 rings (SSSR count). The highest BCUT2D eigenvalue weighted by Crippen LogP contribution is 1.98. The molecule has 0 aliphatic heterocycles. The standard InChI is InChI=1S/C12H19N3O/c1-10-6-5-7-11(15-10)12(16)14-9-4-2-3-8-13/h5-7H,2-4,8-9,13H2,1H3,(H,14,16). The average molecular weight is 221 g/mol. The lowest BCUT2D eigenvalue weighted by atomic mass is 10.2. The van der Waals surface area contributed by atoms with Crippen molar-refractivity contribution >= 4 is 5.91 Å². The van der Waals surface area contributed by atoms with Gasteiger partial charge in [0.25, 0.3) is 5.91 Å². The molecule has 4 heteroatoms. The summed E-state index contributed by atoms with van der Waals surface area (Å²) in [6.45, 7) is 3.28. The molecule has 16 heavy (non-hydrogen) atoms. The van der Waals surface area contributed by atoms with Crippen molar-refractivity contribution in [1.82, 2.24) is 10.3 Å². The van der Waals surface area contributed by atoms with Crippen LogP contribution in [-0.2, 0) is 0 Å². The smallest absolute Gasteiger partial charge is 0.269 e. The minimum atomic E-state index is -0.101. The zero-order chi connectivity index (χ0) is 11.8. The van der Waals surface area contributed by atoms with Gasteiger partial charge < -0.3 is 11.1 Å². The normalized spacial score (nSPS) is 10.1. The number of hydrogen-bond acceptors (Lipinski definition) is 3. The van der Waals surface area contributed by atoms with Crippen LogP contribution in [0.1, 0.15) is 35.4 Å². The zero-order valence-corrected chi connectivity index (χ0v) is 9.70. The Hall–Kier alpha value is -1.42.